The van der Waals surface area contributed by atoms with E-state index in [2.05, 4.69) is 18.7 Å². The van der Waals surface area contributed by atoms with Gasteiger partial charge in [-0.1, -0.05) is 12.8 Å². The highest BCUT2D eigenvalue weighted by Crippen LogP contribution is 2.43. The third kappa shape index (κ3) is 3.32. The van der Waals surface area contributed by atoms with Crippen molar-refractivity contribution in [2.45, 2.75) is 75.8 Å². The van der Waals surface area contributed by atoms with E-state index in [-0.39, 0.29) is 17.3 Å². The molecule has 0 radical (unpaired) electrons. The van der Waals surface area contributed by atoms with Gasteiger partial charge in [0.05, 0.1) is 23.4 Å². The number of alkyl halides is 1. The van der Waals surface area contributed by atoms with Crippen molar-refractivity contribution >= 4 is 11.6 Å². The first kappa shape index (κ1) is 15.1. The lowest BCUT2D eigenvalue weighted by atomic mass is 9.98. The summed E-state index contributed by atoms with van der Waals surface area (Å²) < 4.78 is 12.4. The minimum atomic E-state index is -0.0958. The summed E-state index contributed by atoms with van der Waals surface area (Å²) >= 11 is 6.01. The van der Waals surface area contributed by atoms with Gasteiger partial charge in [-0.3, -0.25) is 4.90 Å². The van der Waals surface area contributed by atoms with E-state index in [4.69, 9.17) is 21.1 Å². The summed E-state index contributed by atoms with van der Waals surface area (Å²) in [6, 6.07) is 0. The molecule has 3 rings (SSSR count). The molecule has 2 heterocycles. The molecule has 0 bridgehead atoms. The summed E-state index contributed by atoms with van der Waals surface area (Å²) in [6.45, 7) is 7.29. The summed E-state index contributed by atoms with van der Waals surface area (Å²) in [5.74, 6) is 0.579. The first-order chi connectivity index (χ1) is 9.50. The van der Waals surface area contributed by atoms with Gasteiger partial charge in [-0.15, -0.1) is 11.6 Å². The Morgan fingerprint density at radius 1 is 1.10 bits per heavy atom. The van der Waals surface area contributed by atoms with Crippen LogP contribution in [0.15, 0.2) is 0 Å². The van der Waals surface area contributed by atoms with Crippen LogP contribution in [-0.4, -0.2) is 53.8 Å². The summed E-state index contributed by atoms with van der Waals surface area (Å²) in [4.78, 5) is 2.50. The summed E-state index contributed by atoms with van der Waals surface area (Å²) in [6.07, 6.45) is 8.33. The maximum Gasteiger partial charge on any atom is 0.0844 e. The molecular formula is C16H28ClNO2. The van der Waals surface area contributed by atoms with E-state index in [0.29, 0.717) is 12.0 Å². The van der Waals surface area contributed by atoms with Crippen molar-refractivity contribution in [3.05, 3.63) is 0 Å². The van der Waals surface area contributed by atoms with Crippen LogP contribution in [-0.2, 0) is 9.47 Å². The number of ether oxygens (including phenoxy) is 2. The number of morpholine rings is 1. The molecule has 0 aromatic carbocycles. The zero-order chi connectivity index (χ0) is 14.2. The molecule has 3 nitrogen and oxygen atoms in total. The standard InChI is InChI=1S/C16H28ClNO2/c1-15(2)12-18(11-14(9-17)19-15)10-13-5-8-16(20-13)6-3-4-7-16/h13-14H,3-12H2,1-2H3. The fraction of sp³-hybridized carbons (Fsp3) is 1.00. The van der Waals surface area contributed by atoms with Crippen LogP contribution in [0.5, 0.6) is 0 Å². The van der Waals surface area contributed by atoms with Crippen LogP contribution >= 0.6 is 11.6 Å². The number of rotatable bonds is 3. The topological polar surface area (TPSA) is 21.7 Å². The summed E-state index contributed by atoms with van der Waals surface area (Å²) in [5.41, 5.74) is 0.153. The van der Waals surface area contributed by atoms with E-state index >= 15 is 0 Å². The smallest absolute Gasteiger partial charge is 0.0844 e. The summed E-state index contributed by atoms with van der Waals surface area (Å²) in [5, 5.41) is 0. The summed E-state index contributed by atoms with van der Waals surface area (Å²) in [7, 11) is 0. The van der Waals surface area contributed by atoms with Crippen LogP contribution in [0, 0.1) is 0 Å². The van der Waals surface area contributed by atoms with Crippen LogP contribution in [0.2, 0.25) is 0 Å². The highest BCUT2D eigenvalue weighted by molar-refractivity contribution is 6.18. The maximum absolute atomic E-state index is 6.43. The molecule has 1 spiro atoms. The SMILES string of the molecule is CC1(C)CN(CC2CCC3(CCCC3)O2)CC(CCl)O1. The number of halogens is 1. The molecule has 3 aliphatic rings. The Balaban J connectivity index is 1.55. The lowest BCUT2D eigenvalue weighted by molar-refractivity contribution is -0.138. The van der Waals surface area contributed by atoms with Gasteiger partial charge in [0, 0.05) is 25.5 Å². The Labute approximate surface area is 127 Å². The minimum Gasteiger partial charge on any atom is -0.370 e. The van der Waals surface area contributed by atoms with Gasteiger partial charge in [0.25, 0.3) is 0 Å². The Bertz CT molecular complexity index is 341. The van der Waals surface area contributed by atoms with Gasteiger partial charge in [-0.05, 0) is 39.5 Å². The van der Waals surface area contributed by atoms with Crippen LogP contribution < -0.4 is 0 Å². The molecule has 4 heteroatoms. The zero-order valence-corrected chi connectivity index (χ0v) is 13.6. The molecule has 3 fully saturated rings. The molecule has 0 aromatic rings. The molecule has 0 N–H and O–H groups in total. The average molecular weight is 302 g/mol. The van der Waals surface area contributed by atoms with Crippen molar-refractivity contribution in [1.82, 2.24) is 4.90 Å². The van der Waals surface area contributed by atoms with Gasteiger partial charge in [0.15, 0.2) is 0 Å². The molecule has 2 saturated heterocycles. The van der Waals surface area contributed by atoms with Gasteiger partial charge >= 0.3 is 0 Å². The molecule has 20 heavy (non-hydrogen) atoms. The predicted octanol–water partition coefficient (Wildman–Crippen LogP) is 3.20. The molecule has 2 aliphatic heterocycles. The van der Waals surface area contributed by atoms with Gasteiger partial charge in [-0.25, -0.2) is 0 Å². The van der Waals surface area contributed by atoms with Gasteiger partial charge in [0.1, 0.15) is 0 Å². The van der Waals surface area contributed by atoms with E-state index in [1.807, 2.05) is 0 Å². The highest BCUT2D eigenvalue weighted by atomic mass is 35.5. The van der Waals surface area contributed by atoms with Crippen LogP contribution in [0.3, 0.4) is 0 Å². The molecule has 0 amide bonds. The Hall–Kier alpha value is 0.170. The third-order valence-corrected chi connectivity index (χ3v) is 5.38. The zero-order valence-electron chi connectivity index (χ0n) is 12.9. The van der Waals surface area contributed by atoms with Crippen molar-refractivity contribution in [2.24, 2.45) is 0 Å². The quantitative estimate of drug-likeness (QED) is 0.747. The third-order valence-electron chi connectivity index (χ3n) is 5.04. The van der Waals surface area contributed by atoms with Crippen molar-refractivity contribution < 1.29 is 9.47 Å². The minimum absolute atomic E-state index is 0.0958. The van der Waals surface area contributed by atoms with E-state index in [1.165, 1.54) is 38.5 Å². The lowest BCUT2D eigenvalue weighted by Gasteiger charge is -2.43. The largest absolute Gasteiger partial charge is 0.370 e. The van der Waals surface area contributed by atoms with Gasteiger partial charge < -0.3 is 9.47 Å². The van der Waals surface area contributed by atoms with Crippen LogP contribution in [0.4, 0.5) is 0 Å². The molecule has 2 unspecified atom stereocenters. The second-order valence-corrected chi connectivity index (χ2v) is 7.83. The normalized spacial score (nSPS) is 36.8. The molecule has 1 saturated carbocycles. The van der Waals surface area contributed by atoms with E-state index in [9.17, 15) is 0 Å². The van der Waals surface area contributed by atoms with E-state index in [1.54, 1.807) is 0 Å². The van der Waals surface area contributed by atoms with Gasteiger partial charge in [0.2, 0.25) is 0 Å². The second kappa shape index (κ2) is 5.75. The number of hydrogen-bond donors (Lipinski definition) is 0. The van der Waals surface area contributed by atoms with Crippen molar-refractivity contribution in [2.75, 3.05) is 25.5 Å². The number of hydrogen-bond acceptors (Lipinski definition) is 3. The van der Waals surface area contributed by atoms with Gasteiger partial charge in [-0.2, -0.15) is 0 Å². The molecule has 0 aromatic heterocycles. The number of nitrogens with zero attached hydrogens (tertiary/aromatic N) is 1. The van der Waals surface area contributed by atoms with Crippen molar-refractivity contribution in [1.29, 1.82) is 0 Å². The van der Waals surface area contributed by atoms with E-state index in [0.717, 1.165) is 19.6 Å². The molecule has 116 valence electrons. The lowest BCUT2D eigenvalue weighted by Crippen LogP contribution is -2.54. The van der Waals surface area contributed by atoms with E-state index < -0.39 is 0 Å². The molecule has 2 atom stereocenters. The first-order valence-corrected chi connectivity index (χ1v) is 8.68. The van der Waals surface area contributed by atoms with Crippen molar-refractivity contribution in [3.8, 4) is 0 Å². The highest BCUT2D eigenvalue weighted by Gasteiger charge is 2.43. The Morgan fingerprint density at radius 2 is 1.85 bits per heavy atom. The fourth-order valence-corrected chi connectivity index (χ4v) is 4.50. The van der Waals surface area contributed by atoms with Crippen LogP contribution in [0.25, 0.3) is 0 Å². The Morgan fingerprint density at radius 3 is 2.55 bits per heavy atom. The first-order valence-electron chi connectivity index (χ1n) is 8.14. The molecular weight excluding hydrogens is 274 g/mol. The second-order valence-electron chi connectivity index (χ2n) is 7.52. The maximum atomic E-state index is 6.43. The molecule has 1 aliphatic carbocycles. The van der Waals surface area contributed by atoms with Crippen LogP contribution in [0.1, 0.15) is 52.4 Å². The van der Waals surface area contributed by atoms with Crippen molar-refractivity contribution in [3.63, 3.8) is 0 Å². The monoisotopic (exact) mass is 301 g/mol. The average Bonchev–Trinajstić information content (AvgIpc) is 2.98. The fourth-order valence-electron chi connectivity index (χ4n) is 4.34. The Kier molecular flexibility index (Phi) is 4.34. The predicted molar refractivity (Wildman–Crippen MR) is 81.4 cm³/mol.